The number of benzene rings is 1. The van der Waals surface area contributed by atoms with Crippen LogP contribution >= 0.6 is 24.0 Å². The molecule has 0 bridgehead atoms. The van der Waals surface area contributed by atoms with Gasteiger partial charge >= 0.3 is 0 Å². The minimum absolute atomic E-state index is 0. The van der Waals surface area contributed by atoms with Gasteiger partial charge in [-0.3, -0.25) is 9.89 Å². The summed E-state index contributed by atoms with van der Waals surface area (Å²) in [6.07, 6.45) is 1.00. The molecule has 1 aromatic rings. The quantitative estimate of drug-likeness (QED) is 0.280. The first-order chi connectivity index (χ1) is 14.7. The maximum absolute atomic E-state index is 13.0. The number of ether oxygens (including phenoxy) is 3. The molecule has 2 saturated heterocycles. The summed E-state index contributed by atoms with van der Waals surface area (Å²) in [5.74, 6) is 1.68. The van der Waals surface area contributed by atoms with Crippen LogP contribution in [0.1, 0.15) is 20.3 Å². The zero-order valence-corrected chi connectivity index (χ0v) is 20.8. The number of hydrogen-bond donors (Lipinski definition) is 2. The SMILES string of the molecule is CCNC(=NCC(C1CCOC1)N1CCOCC1)NCC(C)Oc1ccc(F)cc1.I. The molecule has 3 unspecified atom stereocenters. The fourth-order valence-corrected chi connectivity index (χ4v) is 3.88. The van der Waals surface area contributed by atoms with Gasteiger partial charge in [0.2, 0.25) is 0 Å². The van der Waals surface area contributed by atoms with Crippen LogP contribution < -0.4 is 15.4 Å². The number of nitrogens with one attached hydrogen (secondary N) is 2. The first-order valence-electron chi connectivity index (χ1n) is 11.0. The van der Waals surface area contributed by atoms with E-state index in [1.165, 1.54) is 12.1 Å². The maximum Gasteiger partial charge on any atom is 0.191 e. The topological polar surface area (TPSA) is 67.4 Å². The lowest BCUT2D eigenvalue weighted by atomic mass is 9.97. The molecule has 7 nitrogen and oxygen atoms in total. The van der Waals surface area contributed by atoms with Crippen molar-refractivity contribution in [3.05, 3.63) is 30.1 Å². The Morgan fingerprint density at radius 1 is 1.19 bits per heavy atom. The molecule has 0 aliphatic carbocycles. The van der Waals surface area contributed by atoms with Gasteiger partial charge in [0.05, 0.1) is 32.9 Å². The third kappa shape index (κ3) is 8.70. The smallest absolute Gasteiger partial charge is 0.191 e. The number of guanidine groups is 1. The average molecular weight is 550 g/mol. The van der Waals surface area contributed by atoms with E-state index in [2.05, 4.69) is 22.5 Å². The molecule has 0 radical (unpaired) electrons. The number of morpholine rings is 1. The maximum atomic E-state index is 13.0. The Labute approximate surface area is 202 Å². The second-order valence-corrected chi connectivity index (χ2v) is 7.82. The predicted octanol–water partition coefficient (Wildman–Crippen LogP) is 2.50. The molecule has 2 aliphatic heterocycles. The van der Waals surface area contributed by atoms with E-state index in [0.717, 1.165) is 65.0 Å². The molecule has 2 heterocycles. The molecule has 2 aliphatic rings. The molecule has 3 atom stereocenters. The van der Waals surface area contributed by atoms with Gasteiger partial charge < -0.3 is 24.8 Å². The van der Waals surface area contributed by atoms with Crippen LogP contribution in [0, 0.1) is 11.7 Å². The highest BCUT2D eigenvalue weighted by atomic mass is 127. The van der Waals surface area contributed by atoms with Crippen LogP contribution in [0.4, 0.5) is 4.39 Å². The van der Waals surface area contributed by atoms with E-state index in [1.807, 2.05) is 6.92 Å². The molecular weight excluding hydrogens is 514 g/mol. The summed E-state index contributed by atoms with van der Waals surface area (Å²) >= 11 is 0. The van der Waals surface area contributed by atoms with Crippen molar-refractivity contribution >= 4 is 29.9 Å². The highest BCUT2D eigenvalue weighted by Crippen LogP contribution is 2.22. The molecule has 31 heavy (non-hydrogen) atoms. The molecule has 0 amide bonds. The van der Waals surface area contributed by atoms with Crippen molar-refractivity contribution in [3.63, 3.8) is 0 Å². The first kappa shape index (κ1) is 26.1. The Morgan fingerprint density at radius 3 is 2.58 bits per heavy atom. The third-order valence-corrected chi connectivity index (χ3v) is 5.51. The van der Waals surface area contributed by atoms with E-state index in [0.29, 0.717) is 24.3 Å². The lowest BCUT2D eigenvalue weighted by molar-refractivity contribution is 0.00368. The van der Waals surface area contributed by atoms with Crippen molar-refractivity contribution in [2.45, 2.75) is 32.4 Å². The summed E-state index contributed by atoms with van der Waals surface area (Å²) in [6, 6.07) is 6.45. The van der Waals surface area contributed by atoms with E-state index < -0.39 is 0 Å². The molecule has 9 heteroatoms. The Hall–Kier alpha value is -1.17. The van der Waals surface area contributed by atoms with Gasteiger partial charge in [0.15, 0.2) is 5.96 Å². The van der Waals surface area contributed by atoms with Crippen molar-refractivity contribution in [1.29, 1.82) is 0 Å². The van der Waals surface area contributed by atoms with Crippen molar-refractivity contribution in [3.8, 4) is 5.75 Å². The van der Waals surface area contributed by atoms with Crippen molar-refractivity contribution in [2.24, 2.45) is 10.9 Å². The van der Waals surface area contributed by atoms with Crippen molar-refractivity contribution in [1.82, 2.24) is 15.5 Å². The third-order valence-electron chi connectivity index (χ3n) is 5.51. The minimum Gasteiger partial charge on any atom is -0.489 e. The zero-order valence-electron chi connectivity index (χ0n) is 18.5. The number of hydrogen-bond acceptors (Lipinski definition) is 5. The van der Waals surface area contributed by atoms with Crippen LogP contribution in [0.5, 0.6) is 5.75 Å². The molecule has 2 fully saturated rings. The van der Waals surface area contributed by atoms with Crippen LogP contribution in [0.3, 0.4) is 0 Å². The van der Waals surface area contributed by atoms with Crippen LogP contribution in [-0.4, -0.2) is 82.2 Å². The van der Waals surface area contributed by atoms with Gasteiger partial charge in [-0.2, -0.15) is 0 Å². The van der Waals surface area contributed by atoms with Gasteiger partial charge in [-0.25, -0.2) is 4.39 Å². The largest absolute Gasteiger partial charge is 0.489 e. The monoisotopic (exact) mass is 550 g/mol. The molecule has 0 aromatic heterocycles. The van der Waals surface area contributed by atoms with Crippen LogP contribution in [0.15, 0.2) is 29.3 Å². The Kier molecular flexibility index (Phi) is 11.8. The fourth-order valence-electron chi connectivity index (χ4n) is 3.88. The van der Waals surface area contributed by atoms with E-state index in [1.54, 1.807) is 12.1 Å². The molecule has 0 spiro atoms. The lowest BCUT2D eigenvalue weighted by Gasteiger charge is -2.36. The van der Waals surface area contributed by atoms with Gasteiger partial charge in [0.1, 0.15) is 17.7 Å². The highest BCUT2D eigenvalue weighted by Gasteiger charge is 2.31. The predicted molar refractivity (Wildman–Crippen MR) is 131 cm³/mol. The fraction of sp³-hybridized carbons (Fsp3) is 0.682. The number of nitrogens with zero attached hydrogens (tertiary/aromatic N) is 2. The summed E-state index contributed by atoms with van der Waals surface area (Å²) in [4.78, 5) is 7.37. The Balaban J connectivity index is 0.00000341. The standard InChI is InChI=1S/C22H35FN4O3.HI/c1-3-24-22(25-14-17(2)30-20-6-4-19(23)5-7-20)26-15-21(18-8-11-29-16-18)27-9-12-28-13-10-27;/h4-7,17-18,21H,3,8-16H2,1-2H3,(H2,24,25,26);1H. The van der Waals surface area contributed by atoms with Gasteiger partial charge in [-0.15, -0.1) is 24.0 Å². The Bertz CT molecular complexity index is 653. The van der Waals surface area contributed by atoms with Crippen LogP contribution in [0.25, 0.3) is 0 Å². The summed E-state index contributed by atoms with van der Waals surface area (Å²) < 4.78 is 30.1. The molecule has 0 saturated carbocycles. The molecule has 176 valence electrons. The van der Waals surface area contributed by atoms with E-state index in [9.17, 15) is 4.39 Å². The van der Waals surface area contributed by atoms with Gasteiger partial charge in [-0.05, 0) is 44.5 Å². The van der Waals surface area contributed by atoms with Crippen molar-refractivity contribution in [2.75, 3.05) is 59.2 Å². The first-order valence-corrected chi connectivity index (χ1v) is 11.0. The molecule has 3 rings (SSSR count). The number of halogens is 2. The summed E-state index contributed by atoms with van der Waals surface area (Å²) in [6.45, 7) is 11.2. The van der Waals surface area contributed by atoms with Gasteiger partial charge in [-0.1, -0.05) is 0 Å². The number of rotatable bonds is 9. The normalized spacial score (nSPS) is 21.8. The molecule has 1 aromatic carbocycles. The zero-order chi connectivity index (χ0) is 21.2. The van der Waals surface area contributed by atoms with E-state index in [-0.39, 0.29) is 35.9 Å². The second kappa shape index (κ2) is 14.1. The summed E-state index contributed by atoms with van der Waals surface area (Å²) in [7, 11) is 0. The Morgan fingerprint density at radius 2 is 1.94 bits per heavy atom. The van der Waals surface area contributed by atoms with Gasteiger partial charge in [0.25, 0.3) is 0 Å². The summed E-state index contributed by atoms with van der Waals surface area (Å²) in [5.41, 5.74) is 0. The summed E-state index contributed by atoms with van der Waals surface area (Å²) in [5, 5.41) is 6.68. The van der Waals surface area contributed by atoms with Crippen LogP contribution in [0.2, 0.25) is 0 Å². The lowest BCUT2D eigenvalue weighted by Crippen LogP contribution is -2.49. The number of aliphatic imine (C=N–C) groups is 1. The average Bonchev–Trinajstić information content (AvgIpc) is 3.29. The van der Waals surface area contributed by atoms with Crippen molar-refractivity contribution < 1.29 is 18.6 Å². The molecule has 2 N–H and O–H groups in total. The van der Waals surface area contributed by atoms with Gasteiger partial charge in [0, 0.05) is 38.2 Å². The van der Waals surface area contributed by atoms with Crippen LogP contribution in [-0.2, 0) is 9.47 Å². The van der Waals surface area contributed by atoms with E-state index >= 15 is 0 Å². The highest BCUT2D eigenvalue weighted by molar-refractivity contribution is 14.0. The molecular formula is C22H36FIN4O3. The second-order valence-electron chi connectivity index (χ2n) is 7.82. The minimum atomic E-state index is -0.267. The van der Waals surface area contributed by atoms with E-state index in [4.69, 9.17) is 19.2 Å².